The fourth-order valence-electron chi connectivity index (χ4n) is 1.69. The number of hydrogen-bond donors (Lipinski definition) is 2. The van der Waals surface area contributed by atoms with Crippen LogP contribution in [0.3, 0.4) is 0 Å². The highest BCUT2D eigenvalue weighted by Crippen LogP contribution is 2.10. The Morgan fingerprint density at radius 3 is 2.75 bits per heavy atom. The maximum absolute atomic E-state index is 11.6. The highest BCUT2D eigenvalue weighted by Gasteiger charge is 2.15. The van der Waals surface area contributed by atoms with Crippen molar-refractivity contribution in [3.8, 4) is 0 Å². The molecular formula is C12H16N2O2. The Bertz CT molecular complexity index is 334. The summed E-state index contributed by atoms with van der Waals surface area (Å²) >= 11 is 0. The predicted molar refractivity (Wildman–Crippen MR) is 62.2 cm³/mol. The predicted octanol–water partition coefficient (Wildman–Crippen LogP) is 2.33. The van der Waals surface area contributed by atoms with Gasteiger partial charge in [-0.25, -0.2) is 4.79 Å². The zero-order chi connectivity index (χ0) is 11.2. The van der Waals surface area contributed by atoms with E-state index < -0.39 is 0 Å². The monoisotopic (exact) mass is 220 g/mol. The number of para-hydroxylation sites is 1. The van der Waals surface area contributed by atoms with Crippen molar-refractivity contribution in [1.82, 2.24) is 5.32 Å². The van der Waals surface area contributed by atoms with Gasteiger partial charge in [-0.2, -0.15) is 0 Å². The van der Waals surface area contributed by atoms with Gasteiger partial charge in [-0.15, -0.1) is 0 Å². The number of hydrogen-bond acceptors (Lipinski definition) is 2. The van der Waals surface area contributed by atoms with E-state index >= 15 is 0 Å². The van der Waals surface area contributed by atoms with Crippen LogP contribution in [0.5, 0.6) is 0 Å². The Morgan fingerprint density at radius 1 is 1.25 bits per heavy atom. The van der Waals surface area contributed by atoms with Gasteiger partial charge >= 0.3 is 6.03 Å². The minimum absolute atomic E-state index is 0.141. The Balaban J connectivity index is 1.80. The van der Waals surface area contributed by atoms with E-state index in [4.69, 9.17) is 4.74 Å². The number of carbonyl (C=O) groups excluding carboxylic acids is 1. The summed E-state index contributed by atoms with van der Waals surface area (Å²) in [5, 5.41) is 5.55. The van der Waals surface area contributed by atoms with Crippen molar-refractivity contribution in [3.63, 3.8) is 0 Å². The van der Waals surface area contributed by atoms with Crippen molar-refractivity contribution >= 4 is 11.7 Å². The molecule has 2 N–H and O–H groups in total. The molecule has 1 aliphatic heterocycles. The van der Waals surface area contributed by atoms with Crippen LogP contribution >= 0.6 is 0 Å². The summed E-state index contributed by atoms with van der Waals surface area (Å²) in [6.07, 6.45) is 2.94. The van der Waals surface area contributed by atoms with Gasteiger partial charge in [0.1, 0.15) is 6.23 Å². The van der Waals surface area contributed by atoms with Crippen LogP contribution in [-0.2, 0) is 4.74 Å². The number of carbonyl (C=O) groups is 1. The molecule has 1 fully saturated rings. The summed E-state index contributed by atoms with van der Waals surface area (Å²) < 4.78 is 5.41. The van der Waals surface area contributed by atoms with Gasteiger partial charge in [-0.05, 0) is 31.4 Å². The molecule has 0 bridgehead atoms. The number of nitrogens with one attached hydrogen (secondary N) is 2. The average molecular weight is 220 g/mol. The topological polar surface area (TPSA) is 50.4 Å². The van der Waals surface area contributed by atoms with Gasteiger partial charge < -0.3 is 15.4 Å². The standard InChI is InChI=1S/C12H16N2O2/c15-12(13-10-6-2-1-3-7-10)14-11-8-4-5-9-16-11/h1-3,6-7,11H,4-5,8-9H2,(H2,13,14,15). The lowest BCUT2D eigenvalue weighted by atomic mass is 10.2. The molecule has 16 heavy (non-hydrogen) atoms. The average Bonchev–Trinajstić information content (AvgIpc) is 2.31. The zero-order valence-corrected chi connectivity index (χ0v) is 9.11. The van der Waals surface area contributed by atoms with Crippen LogP contribution in [-0.4, -0.2) is 18.9 Å². The summed E-state index contributed by atoms with van der Waals surface area (Å²) in [5.41, 5.74) is 0.788. The number of anilines is 1. The van der Waals surface area contributed by atoms with E-state index in [1.54, 1.807) is 0 Å². The quantitative estimate of drug-likeness (QED) is 0.803. The molecule has 1 aromatic carbocycles. The molecule has 1 unspecified atom stereocenters. The van der Waals surface area contributed by atoms with E-state index in [2.05, 4.69) is 10.6 Å². The highest BCUT2D eigenvalue weighted by atomic mass is 16.5. The van der Waals surface area contributed by atoms with Crippen LogP contribution < -0.4 is 10.6 Å². The first-order valence-electron chi connectivity index (χ1n) is 5.59. The van der Waals surface area contributed by atoms with Crippen LogP contribution in [0.25, 0.3) is 0 Å². The molecule has 4 nitrogen and oxygen atoms in total. The van der Waals surface area contributed by atoms with Gasteiger partial charge in [0, 0.05) is 12.3 Å². The van der Waals surface area contributed by atoms with Crippen molar-refractivity contribution in [2.24, 2.45) is 0 Å². The maximum atomic E-state index is 11.6. The third-order valence-corrected chi connectivity index (χ3v) is 2.50. The van der Waals surface area contributed by atoms with E-state index in [9.17, 15) is 4.79 Å². The molecule has 1 atom stereocenters. The number of urea groups is 1. The molecule has 1 heterocycles. The second-order valence-electron chi connectivity index (χ2n) is 3.82. The smallest absolute Gasteiger partial charge is 0.321 e. The zero-order valence-electron chi connectivity index (χ0n) is 9.11. The number of rotatable bonds is 2. The number of benzene rings is 1. The molecule has 1 aliphatic rings. The van der Waals surface area contributed by atoms with E-state index in [1.165, 1.54) is 0 Å². The molecule has 0 spiro atoms. The Hall–Kier alpha value is -1.55. The summed E-state index contributed by atoms with van der Waals surface area (Å²) in [5.74, 6) is 0. The highest BCUT2D eigenvalue weighted by molar-refractivity contribution is 5.89. The van der Waals surface area contributed by atoms with Crippen molar-refractivity contribution < 1.29 is 9.53 Å². The first kappa shape index (κ1) is 11.0. The van der Waals surface area contributed by atoms with E-state index in [1.807, 2.05) is 30.3 Å². The van der Waals surface area contributed by atoms with E-state index in [-0.39, 0.29) is 12.3 Å². The van der Waals surface area contributed by atoms with Crippen LogP contribution in [0.4, 0.5) is 10.5 Å². The van der Waals surface area contributed by atoms with Crippen LogP contribution in [0.15, 0.2) is 30.3 Å². The van der Waals surface area contributed by atoms with Crippen LogP contribution in [0.2, 0.25) is 0 Å². The van der Waals surface area contributed by atoms with Crippen LogP contribution in [0, 0.1) is 0 Å². The lowest BCUT2D eigenvalue weighted by Crippen LogP contribution is -2.41. The van der Waals surface area contributed by atoms with Crippen molar-refractivity contribution in [3.05, 3.63) is 30.3 Å². The second kappa shape index (κ2) is 5.51. The molecule has 0 saturated carbocycles. The van der Waals surface area contributed by atoms with Gasteiger partial charge in [-0.3, -0.25) is 0 Å². The normalized spacial score (nSPS) is 20.1. The molecule has 2 rings (SSSR count). The first-order chi connectivity index (χ1) is 7.84. The third kappa shape index (κ3) is 3.24. The maximum Gasteiger partial charge on any atom is 0.321 e. The van der Waals surface area contributed by atoms with Gasteiger partial charge in [0.05, 0.1) is 0 Å². The fourth-order valence-corrected chi connectivity index (χ4v) is 1.69. The van der Waals surface area contributed by atoms with Crippen LogP contribution in [0.1, 0.15) is 19.3 Å². The summed E-state index contributed by atoms with van der Waals surface area (Å²) in [6.45, 7) is 0.732. The second-order valence-corrected chi connectivity index (χ2v) is 3.82. The summed E-state index contributed by atoms with van der Waals surface area (Å²) in [7, 11) is 0. The lowest BCUT2D eigenvalue weighted by Gasteiger charge is -2.23. The number of ether oxygens (including phenoxy) is 1. The van der Waals surface area contributed by atoms with Gasteiger partial charge in [0.2, 0.25) is 0 Å². The third-order valence-electron chi connectivity index (χ3n) is 2.50. The van der Waals surface area contributed by atoms with Gasteiger partial charge in [0.15, 0.2) is 0 Å². The van der Waals surface area contributed by atoms with Gasteiger partial charge in [-0.1, -0.05) is 18.2 Å². The minimum atomic E-state index is -0.210. The Morgan fingerprint density at radius 2 is 2.06 bits per heavy atom. The van der Waals surface area contributed by atoms with E-state index in [0.29, 0.717) is 0 Å². The van der Waals surface area contributed by atoms with E-state index in [0.717, 1.165) is 31.6 Å². The lowest BCUT2D eigenvalue weighted by molar-refractivity contribution is 0.00343. The molecule has 0 aromatic heterocycles. The summed E-state index contributed by atoms with van der Waals surface area (Å²) in [4.78, 5) is 11.6. The molecule has 2 amide bonds. The van der Waals surface area contributed by atoms with Gasteiger partial charge in [0.25, 0.3) is 0 Å². The molecule has 0 radical (unpaired) electrons. The summed E-state index contributed by atoms with van der Waals surface area (Å²) in [6, 6.07) is 9.16. The van der Waals surface area contributed by atoms with Crippen molar-refractivity contribution in [1.29, 1.82) is 0 Å². The molecule has 1 saturated heterocycles. The molecule has 86 valence electrons. The number of amides is 2. The Labute approximate surface area is 95.0 Å². The minimum Gasteiger partial charge on any atom is -0.358 e. The fraction of sp³-hybridized carbons (Fsp3) is 0.417. The Kier molecular flexibility index (Phi) is 3.77. The molecular weight excluding hydrogens is 204 g/mol. The van der Waals surface area contributed by atoms with Crippen molar-refractivity contribution in [2.75, 3.05) is 11.9 Å². The molecule has 1 aromatic rings. The largest absolute Gasteiger partial charge is 0.358 e. The first-order valence-corrected chi connectivity index (χ1v) is 5.59. The molecule has 4 heteroatoms. The van der Waals surface area contributed by atoms with Crippen molar-refractivity contribution in [2.45, 2.75) is 25.5 Å². The molecule has 0 aliphatic carbocycles. The SMILES string of the molecule is O=C(Nc1ccccc1)NC1CCCCO1.